The van der Waals surface area contributed by atoms with E-state index in [-0.39, 0.29) is 0 Å². The molecular formula is C17H31NO. The van der Waals surface area contributed by atoms with E-state index >= 15 is 0 Å². The molecule has 0 amide bonds. The lowest BCUT2D eigenvalue weighted by atomic mass is 9.76. The second kappa shape index (κ2) is 8.73. The van der Waals surface area contributed by atoms with Crippen LogP contribution in [-0.4, -0.2) is 25.5 Å². The van der Waals surface area contributed by atoms with Gasteiger partial charge in [0.25, 0.3) is 0 Å². The lowest BCUT2D eigenvalue weighted by Crippen LogP contribution is -2.28. The summed E-state index contributed by atoms with van der Waals surface area (Å²) in [6, 6.07) is 0. The van der Waals surface area contributed by atoms with Gasteiger partial charge in [-0.1, -0.05) is 38.5 Å². The third-order valence-corrected chi connectivity index (χ3v) is 4.78. The Labute approximate surface area is 119 Å². The molecule has 0 spiro atoms. The fourth-order valence-electron chi connectivity index (χ4n) is 3.77. The molecule has 0 atom stereocenters. The first-order chi connectivity index (χ1) is 9.42. The molecule has 19 heavy (non-hydrogen) atoms. The van der Waals surface area contributed by atoms with Gasteiger partial charge in [-0.25, -0.2) is 0 Å². The third-order valence-electron chi connectivity index (χ3n) is 4.78. The molecule has 2 saturated carbocycles. The van der Waals surface area contributed by atoms with Crippen molar-refractivity contribution in [2.75, 3.05) is 19.8 Å². The molecule has 110 valence electrons. The van der Waals surface area contributed by atoms with Gasteiger partial charge in [-0.15, -0.1) is 0 Å². The van der Waals surface area contributed by atoms with Crippen LogP contribution in [0.15, 0.2) is 4.99 Å². The summed E-state index contributed by atoms with van der Waals surface area (Å²) in [5.41, 5.74) is 1.58. The van der Waals surface area contributed by atoms with Gasteiger partial charge >= 0.3 is 0 Å². The topological polar surface area (TPSA) is 21.6 Å². The number of nitrogens with zero attached hydrogens (tertiary/aromatic N) is 1. The Morgan fingerprint density at radius 3 is 1.89 bits per heavy atom. The molecular weight excluding hydrogens is 234 g/mol. The fourth-order valence-corrected chi connectivity index (χ4v) is 3.77. The Morgan fingerprint density at radius 2 is 1.42 bits per heavy atom. The average Bonchev–Trinajstić information content (AvgIpc) is 2.49. The maximum Gasteiger partial charge on any atom is 0.0661 e. The molecule has 0 saturated heterocycles. The smallest absolute Gasteiger partial charge is 0.0661 e. The normalized spacial score (nSPS) is 22.4. The highest BCUT2D eigenvalue weighted by atomic mass is 16.5. The quantitative estimate of drug-likeness (QED) is 0.507. The van der Waals surface area contributed by atoms with Crippen LogP contribution in [0.5, 0.6) is 0 Å². The molecule has 2 nitrogen and oxygen atoms in total. The number of rotatable bonds is 6. The molecule has 0 unspecified atom stereocenters. The molecule has 2 aliphatic carbocycles. The summed E-state index contributed by atoms with van der Waals surface area (Å²) in [7, 11) is 0. The Hall–Kier alpha value is -0.370. The maximum atomic E-state index is 5.45. The van der Waals surface area contributed by atoms with Gasteiger partial charge in [0.15, 0.2) is 0 Å². The molecule has 0 aromatic heterocycles. The summed E-state index contributed by atoms with van der Waals surface area (Å²) < 4.78 is 5.45. The van der Waals surface area contributed by atoms with Crippen molar-refractivity contribution in [1.82, 2.24) is 0 Å². The van der Waals surface area contributed by atoms with E-state index in [1.54, 1.807) is 5.71 Å². The van der Waals surface area contributed by atoms with Gasteiger partial charge in [0, 0.05) is 12.3 Å². The largest absolute Gasteiger partial charge is 0.380 e. The molecule has 0 radical (unpaired) electrons. The second-order valence-corrected chi connectivity index (χ2v) is 6.17. The van der Waals surface area contributed by atoms with Gasteiger partial charge in [0.05, 0.1) is 13.2 Å². The van der Waals surface area contributed by atoms with Crippen molar-refractivity contribution in [2.24, 2.45) is 16.8 Å². The summed E-state index contributed by atoms with van der Waals surface area (Å²) in [6.45, 7) is 4.57. The van der Waals surface area contributed by atoms with E-state index < -0.39 is 0 Å². The Kier molecular flexibility index (Phi) is 6.91. The Balaban J connectivity index is 1.94. The van der Waals surface area contributed by atoms with Crippen LogP contribution in [-0.2, 0) is 4.74 Å². The monoisotopic (exact) mass is 265 g/mol. The second-order valence-electron chi connectivity index (χ2n) is 6.17. The Bertz CT molecular complexity index is 242. The minimum Gasteiger partial charge on any atom is -0.380 e. The van der Waals surface area contributed by atoms with Gasteiger partial charge < -0.3 is 4.74 Å². The minimum absolute atomic E-state index is 0.804. The highest BCUT2D eigenvalue weighted by Crippen LogP contribution is 2.33. The predicted molar refractivity (Wildman–Crippen MR) is 81.9 cm³/mol. The van der Waals surface area contributed by atoms with Crippen LogP contribution in [0, 0.1) is 11.8 Å². The summed E-state index contributed by atoms with van der Waals surface area (Å²) >= 11 is 0. The van der Waals surface area contributed by atoms with Crippen molar-refractivity contribution in [2.45, 2.75) is 71.1 Å². The van der Waals surface area contributed by atoms with Gasteiger partial charge in [-0.05, 0) is 44.4 Å². The summed E-state index contributed by atoms with van der Waals surface area (Å²) in [6.07, 6.45) is 14.1. The molecule has 2 heteroatoms. The molecule has 0 heterocycles. The molecule has 2 fully saturated rings. The standard InChI is InChI=1S/C17H31NO/c1-2-19-14-13-18-17(15-9-5-3-6-10-15)16-11-7-4-8-12-16/h15-16H,2-14H2,1H3. The third kappa shape index (κ3) is 4.91. The number of hydrogen-bond donors (Lipinski definition) is 0. The van der Waals surface area contributed by atoms with E-state index in [0.29, 0.717) is 0 Å². The van der Waals surface area contributed by atoms with E-state index in [0.717, 1.165) is 31.6 Å². The van der Waals surface area contributed by atoms with Crippen LogP contribution >= 0.6 is 0 Å². The average molecular weight is 265 g/mol. The molecule has 2 aliphatic rings. The van der Waals surface area contributed by atoms with Gasteiger partial charge in [-0.2, -0.15) is 0 Å². The minimum atomic E-state index is 0.804. The zero-order chi connectivity index (χ0) is 13.3. The van der Waals surface area contributed by atoms with Gasteiger partial charge in [-0.3, -0.25) is 4.99 Å². The van der Waals surface area contributed by atoms with Crippen molar-refractivity contribution in [3.8, 4) is 0 Å². The zero-order valence-electron chi connectivity index (χ0n) is 12.7. The Morgan fingerprint density at radius 1 is 0.895 bits per heavy atom. The highest BCUT2D eigenvalue weighted by Gasteiger charge is 2.26. The molecule has 0 bridgehead atoms. The SMILES string of the molecule is CCOCCN=C(C1CCCCC1)C1CCCCC1. The first-order valence-corrected chi connectivity index (χ1v) is 8.53. The van der Waals surface area contributed by atoms with Crippen LogP contribution in [0.2, 0.25) is 0 Å². The van der Waals surface area contributed by atoms with Crippen molar-refractivity contribution in [3.05, 3.63) is 0 Å². The maximum absolute atomic E-state index is 5.45. The first kappa shape index (κ1) is 15.0. The van der Waals surface area contributed by atoms with Crippen LogP contribution in [0.3, 0.4) is 0 Å². The summed E-state index contributed by atoms with van der Waals surface area (Å²) in [4.78, 5) is 5.00. The van der Waals surface area contributed by atoms with Crippen molar-refractivity contribution in [1.29, 1.82) is 0 Å². The van der Waals surface area contributed by atoms with Crippen LogP contribution in [0.4, 0.5) is 0 Å². The molecule has 0 aromatic carbocycles. The van der Waals surface area contributed by atoms with Crippen molar-refractivity contribution < 1.29 is 4.74 Å². The van der Waals surface area contributed by atoms with Crippen LogP contribution in [0.25, 0.3) is 0 Å². The van der Waals surface area contributed by atoms with E-state index in [1.807, 2.05) is 0 Å². The van der Waals surface area contributed by atoms with E-state index in [4.69, 9.17) is 9.73 Å². The molecule has 0 aliphatic heterocycles. The molecule has 0 N–H and O–H groups in total. The molecule has 2 rings (SSSR count). The van der Waals surface area contributed by atoms with Gasteiger partial charge in [0.1, 0.15) is 0 Å². The number of aliphatic imine (C=N–C) groups is 1. The van der Waals surface area contributed by atoms with E-state index in [2.05, 4.69) is 6.92 Å². The summed E-state index contributed by atoms with van der Waals surface area (Å²) in [5.74, 6) is 1.61. The molecule has 0 aromatic rings. The zero-order valence-corrected chi connectivity index (χ0v) is 12.7. The van der Waals surface area contributed by atoms with Crippen molar-refractivity contribution in [3.63, 3.8) is 0 Å². The predicted octanol–water partition coefficient (Wildman–Crippen LogP) is 4.62. The lowest BCUT2D eigenvalue weighted by Gasteiger charge is -2.31. The van der Waals surface area contributed by atoms with Crippen molar-refractivity contribution >= 4 is 5.71 Å². The van der Waals surface area contributed by atoms with Gasteiger partial charge in [0.2, 0.25) is 0 Å². The highest BCUT2D eigenvalue weighted by molar-refractivity contribution is 5.89. The number of hydrogen-bond acceptors (Lipinski definition) is 2. The number of ether oxygens (including phenoxy) is 1. The summed E-state index contributed by atoms with van der Waals surface area (Å²) in [5, 5.41) is 0. The van der Waals surface area contributed by atoms with E-state index in [1.165, 1.54) is 64.2 Å². The van der Waals surface area contributed by atoms with Crippen LogP contribution < -0.4 is 0 Å². The fraction of sp³-hybridized carbons (Fsp3) is 0.941. The van der Waals surface area contributed by atoms with E-state index in [9.17, 15) is 0 Å². The first-order valence-electron chi connectivity index (χ1n) is 8.53. The lowest BCUT2D eigenvalue weighted by molar-refractivity contribution is 0.155. The van der Waals surface area contributed by atoms with Crippen LogP contribution in [0.1, 0.15) is 71.1 Å².